The van der Waals surface area contributed by atoms with Crippen LogP contribution in [0.4, 0.5) is 16.4 Å². The maximum atomic E-state index is 12.6. The van der Waals surface area contributed by atoms with Gasteiger partial charge in [0.05, 0.1) is 28.0 Å². The number of nitrogens with one attached hydrogen (secondary N) is 1. The van der Waals surface area contributed by atoms with Crippen molar-refractivity contribution in [1.82, 2.24) is 29.2 Å². The first-order valence-electron chi connectivity index (χ1n) is 13.1. The highest BCUT2D eigenvalue weighted by Gasteiger charge is 2.31. The minimum absolute atomic E-state index is 0.235. The van der Waals surface area contributed by atoms with Crippen molar-refractivity contribution in [2.75, 3.05) is 25.0 Å². The van der Waals surface area contributed by atoms with E-state index < -0.39 is 13.7 Å². The van der Waals surface area contributed by atoms with E-state index in [-0.39, 0.29) is 12.0 Å². The van der Waals surface area contributed by atoms with Crippen LogP contribution in [0.15, 0.2) is 18.6 Å². The van der Waals surface area contributed by atoms with Gasteiger partial charge in [0.15, 0.2) is 0 Å². The molecule has 1 aliphatic rings. The molecule has 4 rings (SSSR count). The van der Waals surface area contributed by atoms with Crippen LogP contribution in [-0.4, -0.2) is 68.7 Å². The first-order chi connectivity index (χ1) is 17.8. The van der Waals surface area contributed by atoms with Gasteiger partial charge in [-0.15, -0.1) is 0 Å². The number of carbonyl (C=O) groups is 1. The van der Waals surface area contributed by atoms with Crippen molar-refractivity contribution in [1.29, 1.82) is 0 Å². The summed E-state index contributed by atoms with van der Waals surface area (Å²) in [6.45, 7) is 15.0. The number of carbonyl (C=O) groups excluding carboxylic acids is 1. The number of hydrogen-bond acceptors (Lipinski definition) is 7. The molecule has 0 radical (unpaired) electrons. The maximum absolute atomic E-state index is 12.6. The Morgan fingerprint density at radius 2 is 2.00 bits per heavy atom. The van der Waals surface area contributed by atoms with Gasteiger partial charge in [0, 0.05) is 47.2 Å². The molecule has 208 valence electrons. The van der Waals surface area contributed by atoms with Gasteiger partial charge in [-0.1, -0.05) is 31.2 Å². The third-order valence-corrected chi connectivity index (χ3v) is 8.34. The molecule has 4 heterocycles. The molecular formula is C26H40ClN7O3Si. The Kier molecular flexibility index (Phi) is 8.39. The van der Waals surface area contributed by atoms with Gasteiger partial charge < -0.3 is 24.3 Å². The van der Waals surface area contributed by atoms with Crippen molar-refractivity contribution in [3.05, 3.63) is 29.3 Å². The summed E-state index contributed by atoms with van der Waals surface area (Å²) in [4.78, 5) is 24.1. The summed E-state index contributed by atoms with van der Waals surface area (Å²) < 4.78 is 15.3. The SMILES string of the molecule is Cn1cc(Nc2nc(C[C@H]3CCN(C(=O)OC(C)(C)C)C3)c3c(Cl)cn(COCC[Si](C)(C)C)c3n2)cn1. The molecule has 0 aliphatic carbocycles. The zero-order valence-electron chi connectivity index (χ0n) is 23.5. The number of amides is 1. The second-order valence-corrected chi connectivity index (χ2v) is 18.3. The Bertz CT molecular complexity index is 1280. The third-order valence-electron chi connectivity index (χ3n) is 6.35. The highest BCUT2D eigenvalue weighted by molar-refractivity contribution is 6.76. The van der Waals surface area contributed by atoms with Crippen LogP contribution in [0.5, 0.6) is 0 Å². The molecule has 0 bridgehead atoms. The molecule has 0 spiro atoms. The highest BCUT2D eigenvalue weighted by atomic mass is 35.5. The van der Waals surface area contributed by atoms with Gasteiger partial charge in [-0.2, -0.15) is 10.1 Å². The number of ether oxygens (including phenoxy) is 2. The normalized spacial score (nSPS) is 16.4. The molecule has 0 aromatic carbocycles. The van der Waals surface area contributed by atoms with Crippen LogP contribution < -0.4 is 5.32 Å². The van der Waals surface area contributed by atoms with Crippen LogP contribution in [0, 0.1) is 5.92 Å². The largest absolute Gasteiger partial charge is 0.444 e. The van der Waals surface area contributed by atoms with Crippen LogP contribution in [0.2, 0.25) is 30.7 Å². The first-order valence-corrected chi connectivity index (χ1v) is 17.2. The number of nitrogens with zero attached hydrogens (tertiary/aromatic N) is 6. The van der Waals surface area contributed by atoms with Crippen LogP contribution in [0.1, 0.15) is 32.9 Å². The van der Waals surface area contributed by atoms with Crippen molar-refractivity contribution in [3.8, 4) is 0 Å². The summed E-state index contributed by atoms with van der Waals surface area (Å²) in [6.07, 6.45) is 6.73. The molecule has 1 saturated heterocycles. The summed E-state index contributed by atoms with van der Waals surface area (Å²) in [5.41, 5.74) is 1.85. The van der Waals surface area contributed by atoms with E-state index in [2.05, 4.69) is 30.1 Å². The number of hydrogen-bond donors (Lipinski definition) is 1. The molecule has 1 aliphatic heterocycles. The van der Waals surface area contributed by atoms with Crippen LogP contribution in [0.3, 0.4) is 0 Å². The standard InChI is InChI=1S/C26H40ClN7O3Si/c1-26(2,3)37-25(35)33-9-8-18(14-33)12-21-22-20(27)16-34(17-36-10-11-38(5,6)7)23(22)31-24(30-21)29-19-13-28-32(4)15-19/h13,15-16,18H,8-12,14,17H2,1-7H3,(H,29,30,31)/t18-/m1/s1. The predicted octanol–water partition coefficient (Wildman–Crippen LogP) is 5.67. The number of aryl methyl sites for hydroxylation is 1. The molecule has 0 unspecified atom stereocenters. The Hall–Kier alpha value is -2.63. The van der Waals surface area contributed by atoms with Gasteiger partial charge in [0.1, 0.15) is 18.0 Å². The number of anilines is 2. The van der Waals surface area contributed by atoms with E-state index >= 15 is 0 Å². The fourth-order valence-corrected chi connectivity index (χ4v) is 5.50. The first kappa shape index (κ1) is 28.4. The number of halogens is 1. The van der Waals surface area contributed by atoms with Crippen molar-refractivity contribution in [2.45, 2.75) is 71.6 Å². The lowest BCUT2D eigenvalue weighted by atomic mass is 10.0. The summed E-state index contributed by atoms with van der Waals surface area (Å²) in [6, 6.07) is 1.09. The Labute approximate surface area is 230 Å². The van der Waals surface area contributed by atoms with Crippen molar-refractivity contribution < 1.29 is 14.3 Å². The van der Waals surface area contributed by atoms with Gasteiger partial charge in [-0.25, -0.2) is 9.78 Å². The molecular weight excluding hydrogens is 522 g/mol. The number of likely N-dealkylation sites (tertiary alicyclic amines) is 1. The summed E-state index contributed by atoms with van der Waals surface area (Å²) in [5, 5.41) is 8.93. The van der Waals surface area contributed by atoms with E-state index in [9.17, 15) is 4.79 Å². The van der Waals surface area contributed by atoms with Gasteiger partial charge >= 0.3 is 6.09 Å². The lowest BCUT2D eigenvalue weighted by molar-refractivity contribution is 0.0288. The molecule has 1 atom stereocenters. The summed E-state index contributed by atoms with van der Waals surface area (Å²) in [7, 11) is 0.669. The molecule has 1 N–H and O–H groups in total. The topological polar surface area (TPSA) is 99.3 Å². The fourth-order valence-electron chi connectivity index (χ4n) is 4.43. The predicted molar refractivity (Wildman–Crippen MR) is 153 cm³/mol. The zero-order chi connectivity index (χ0) is 27.7. The summed E-state index contributed by atoms with van der Waals surface area (Å²) in [5.74, 6) is 0.708. The quantitative estimate of drug-likeness (QED) is 0.265. The van der Waals surface area contributed by atoms with E-state index in [1.807, 2.05) is 44.8 Å². The number of aromatic nitrogens is 5. The average Bonchev–Trinajstić information content (AvgIpc) is 3.49. The number of fused-ring (bicyclic) bond motifs is 1. The minimum Gasteiger partial charge on any atom is -0.444 e. The molecule has 10 nitrogen and oxygen atoms in total. The van der Waals surface area contributed by atoms with E-state index in [0.717, 1.165) is 34.9 Å². The second kappa shape index (κ2) is 11.2. The molecule has 12 heteroatoms. The highest BCUT2D eigenvalue weighted by Crippen LogP contribution is 2.32. The smallest absolute Gasteiger partial charge is 0.410 e. The van der Waals surface area contributed by atoms with Gasteiger partial charge in [-0.3, -0.25) is 4.68 Å². The van der Waals surface area contributed by atoms with E-state index in [1.54, 1.807) is 15.8 Å². The van der Waals surface area contributed by atoms with E-state index in [0.29, 0.717) is 43.8 Å². The molecule has 3 aromatic rings. The fraction of sp³-hybridized carbons (Fsp3) is 0.615. The maximum Gasteiger partial charge on any atom is 0.410 e. The molecule has 1 amide bonds. The van der Waals surface area contributed by atoms with Gasteiger partial charge in [-0.05, 0) is 45.6 Å². The second-order valence-electron chi connectivity index (χ2n) is 12.3. The molecule has 38 heavy (non-hydrogen) atoms. The van der Waals surface area contributed by atoms with Crippen LogP contribution in [-0.2, 0) is 29.7 Å². The lowest BCUT2D eigenvalue weighted by Crippen LogP contribution is -2.35. The monoisotopic (exact) mass is 561 g/mol. The molecule has 0 saturated carbocycles. The minimum atomic E-state index is -1.19. The van der Waals surface area contributed by atoms with Gasteiger partial charge in [0.2, 0.25) is 5.95 Å². The summed E-state index contributed by atoms with van der Waals surface area (Å²) >= 11 is 6.75. The lowest BCUT2D eigenvalue weighted by Gasteiger charge is -2.24. The Balaban J connectivity index is 1.58. The van der Waals surface area contributed by atoms with Crippen molar-refractivity contribution in [3.63, 3.8) is 0 Å². The van der Waals surface area contributed by atoms with Crippen LogP contribution >= 0.6 is 11.6 Å². The molecule has 3 aromatic heterocycles. The Morgan fingerprint density at radius 1 is 1.24 bits per heavy atom. The zero-order valence-corrected chi connectivity index (χ0v) is 25.3. The van der Waals surface area contributed by atoms with Crippen LogP contribution in [0.25, 0.3) is 11.0 Å². The van der Waals surface area contributed by atoms with Crippen molar-refractivity contribution in [2.24, 2.45) is 13.0 Å². The van der Waals surface area contributed by atoms with Crippen molar-refractivity contribution >= 4 is 48.4 Å². The van der Waals surface area contributed by atoms with E-state index in [1.165, 1.54) is 0 Å². The third kappa shape index (κ3) is 7.48. The van der Waals surface area contributed by atoms with Gasteiger partial charge in [0.25, 0.3) is 0 Å². The molecule has 1 fully saturated rings. The number of rotatable bonds is 9. The average molecular weight is 562 g/mol. The Morgan fingerprint density at radius 3 is 2.66 bits per heavy atom. The van der Waals surface area contributed by atoms with E-state index in [4.69, 9.17) is 31.0 Å².